The summed E-state index contributed by atoms with van der Waals surface area (Å²) in [6.45, 7) is 0. The summed E-state index contributed by atoms with van der Waals surface area (Å²) in [5, 5.41) is 9.48. The number of benzene rings is 1. The van der Waals surface area contributed by atoms with Crippen LogP contribution in [0.5, 0.6) is 0 Å². The Morgan fingerprint density at radius 3 is 2.75 bits per heavy atom. The molecule has 1 heterocycles. The SMILES string of the molecule is CS/C(=C(\C#N)c1ccc(F)cc1Br)c1cccnc1. The quantitative estimate of drug-likeness (QED) is 0.751. The Labute approximate surface area is 129 Å². The minimum absolute atomic E-state index is 0.343. The largest absolute Gasteiger partial charge is 0.264 e. The first-order valence-electron chi connectivity index (χ1n) is 5.71. The van der Waals surface area contributed by atoms with Gasteiger partial charge in [-0.3, -0.25) is 4.98 Å². The van der Waals surface area contributed by atoms with E-state index in [0.29, 0.717) is 15.6 Å². The highest BCUT2D eigenvalue weighted by molar-refractivity contribution is 9.10. The number of thioether (sulfide) groups is 1. The molecule has 0 saturated heterocycles. The van der Waals surface area contributed by atoms with Crippen molar-refractivity contribution in [3.63, 3.8) is 0 Å². The molecule has 0 fully saturated rings. The Hall–Kier alpha value is -1.64. The van der Waals surface area contributed by atoms with Gasteiger partial charge in [0.05, 0.1) is 5.57 Å². The van der Waals surface area contributed by atoms with Gasteiger partial charge in [-0.2, -0.15) is 5.26 Å². The predicted molar refractivity (Wildman–Crippen MR) is 84.3 cm³/mol. The first kappa shape index (κ1) is 14.8. The third-order valence-corrected chi connectivity index (χ3v) is 4.17. The second-order valence-corrected chi connectivity index (χ2v) is 5.56. The molecule has 100 valence electrons. The van der Waals surface area contributed by atoms with Crippen molar-refractivity contribution in [3.8, 4) is 6.07 Å². The third kappa shape index (κ3) is 3.09. The highest BCUT2D eigenvalue weighted by Crippen LogP contribution is 2.36. The zero-order valence-electron chi connectivity index (χ0n) is 10.6. The summed E-state index contributed by atoms with van der Waals surface area (Å²) in [7, 11) is 0. The van der Waals surface area contributed by atoms with E-state index in [1.165, 1.54) is 23.9 Å². The van der Waals surface area contributed by atoms with Crippen molar-refractivity contribution in [2.75, 3.05) is 6.26 Å². The van der Waals surface area contributed by atoms with Gasteiger partial charge in [0.1, 0.15) is 11.9 Å². The zero-order valence-corrected chi connectivity index (χ0v) is 13.0. The molecular weight excluding hydrogens is 339 g/mol. The molecule has 0 spiro atoms. The predicted octanol–water partition coefficient (Wildman–Crippen LogP) is 4.74. The van der Waals surface area contributed by atoms with Crippen LogP contribution < -0.4 is 0 Å². The lowest BCUT2D eigenvalue weighted by atomic mass is 10.0. The van der Waals surface area contributed by atoms with Crippen molar-refractivity contribution >= 4 is 38.2 Å². The van der Waals surface area contributed by atoms with E-state index in [2.05, 4.69) is 27.0 Å². The number of aromatic nitrogens is 1. The molecule has 0 N–H and O–H groups in total. The van der Waals surface area contributed by atoms with Crippen LogP contribution in [0.25, 0.3) is 10.5 Å². The van der Waals surface area contributed by atoms with Crippen LogP contribution in [0.2, 0.25) is 0 Å². The van der Waals surface area contributed by atoms with E-state index < -0.39 is 0 Å². The average molecular weight is 349 g/mol. The Bertz CT molecular complexity index is 693. The van der Waals surface area contributed by atoms with E-state index in [0.717, 1.165) is 10.5 Å². The number of hydrogen-bond donors (Lipinski definition) is 0. The highest BCUT2D eigenvalue weighted by Gasteiger charge is 2.14. The minimum Gasteiger partial charge on any atom is -0.264 e. The van der Waals surface area contributed by atoms with Crippen molar-refractivity contribution in [2.45, 2.75) is 0 Å². The van der Waals surface area contributed by atoms with Crippen molar-refractivity contribution in [2.24, 2.45) is 0 Å². The third-order valence-electron chi connectivity index (χ3n) is 2.67. The average Bonchev–Trinajstić information content (AvgIpc) is 2.46. The Balaban J connectivity index is 2.65. The van der Waals surface area contributed by atoms with Gasteiger partial charge in [0, 0.05) is 32.9 Å². The maximum Gasteiger partial charge on any atom is 0.124 e. The lowest BCUT2D eigenvalue weighted by molar-refractivity contribution is 0.627. The van der Waals surface area contributed by atoms with Gasteiger partial charge in [0.25, 0.3) is 0 Å². The smallest absolute Gasteiger partial charge is 0.124 e. The molecule has 1 aromatic carbocycles. The fourth-order valence-electron chi connectivity index (χ4n) is 1.79. The molecule has 0 atom stereocenters. The second kappa shape index (κ2) is 6.69. The molecule has 0 aliphatic rings. The van der Waals surface area contributed by atoms with Crippen molar-refractivity contribution in [3.05, 3.63) is 64.1 Å². The highest BCUT2D eigenvalue weighted by atomic mass is 79.9. The van der Waals surface area contributed by atoms with E-state index in [1.807, 2.05) is 18.4 Å². The molecule has 0 radical (unpaired) electrons. The van der Waals surface area contributed by atoms with Crippen LogP contribution in [0.15, 0.2) is 47.2 Å². The molecular formula is C15H10BrFN2S. The minimum atomic E-state index is -0.343. The molecule has 0 unspecified atom stereocenters. The molecule has 2 rings (SSSR count). The van der Waals surface area contributed by atoms with Gasteiger partial charge in [-0.05, 0) is 30.5 Å². The van der Waals surface area contributed by atoms with Crippen molar-refractivity contribution in [1.82, 2.24) is 4.98 Å². The number of hydrogen-bond acceptors (Lipinski definition) is 3. The van der Waals surface area contributed by atoms with Gasteiger partial charge in [-0.15, -0.1) is 11.8 Å². The lowest BCUT2D eigenvalue weighted by Crippen LogP contribution is -1.91. The molecule has 0 saturated carbocycles. The summed E-state index contributed by atoms with van der Waals surface area (Å²) in [6.07, 6.45) is 5.29. The van der Waals surface area contributed by atoms with Crippen LogP contribution in [0.3, 0.4) is 0 Å². The van der Waals surface area contributed by atoms with Gasteiger partial charge in [0.2, 0.25) is 0 Å². The number of nitriles is 1. The molecule has 20 heavy (non-hydrogen) atoms. The van der Waals surface area contributed by atoms with Gasteiger partial charge >= 0.3 is 0 Å². The summed E-state index contributed by atoms with van der Waals surface area (Å²) in [6, 6.07) is 10.2. The molecule has 1 aromatic heterocycles. The molecule has 0 aliphatic carbocycles. The molecule has 5 heteroatoms. The Kier molecular flexibility index (Phi) is 4.94. The number of nitrogens with zero attached hydrogens (tertiary/aromatic N) is 2. The summed E-state index contributed by atoms with van der Waals surface area (Å²) in [4.78, 5) is 4.88. The number of rotatable bonds is 3. The van der Waals surface area contributed by atoms with E-state index in [4.69, 9.17) is 0 Å². The summed E-state index contributed by atoms with van der Waals surface area (Å²) >= 11 is 4.77. The fraction of sp³-hybridized carbons (Fsp3) is 0.0667. The topological polar surface area (TPSA) is 36.7 Å². The molecule has 0 bridgehead atoms. The second-order valence-electron chi connectivity index (χ2n) is 3.89. The molecule has 0 aliphatic heterocycles. The van der Waals surface area contributed by atoms with Gasteiger partial charge in [-0.25, -0.2) is 4.39 Å². The normalized spacial score (nSPS) is 11.7. The van der Waals surface area contributed by atoms with Crippen LogP contribution in [0, 0.1) is 17.1 Å². The first-order valence-corrected chi connectivity index (χ1v) is 7.73. The van der Waals surface area contributed by atoms with Gasteiger partial charge in [-0.1, -0.05) is 22.0 Å². The number of allylic oxidation sites excluding steroid dienone is 1. The van der Waals surface area contributed by atoms with E-state index in [1.54, 1.807) is 18.5 Å². The van der Waals surface area contributed by atoms with Crippen LogP contribution in [-0.2, 0) is 0 Å². The van der Waals surface area contributed by atoms with Crippen LogP contribution in [0.4, 0.5) is 4.39 Å². The standard InChI is InChI=1S/C15H10BrFN2S/c1-20-15(10-3-2-6-19-9-10)13(8-18)12-5-4-11(17)7-14(12)16/h2-7,9H,1H3/b15-13+. The van der Waals surface area contributed by atoms with Crippen LogP contribution in [0.1, 0.15) is 11.1 Å². The summed E-state index contributed by atoms with van der Waals surface area (Å²) in [5.41, 5.74) is 2.03. The Morgan fingerprint density at radius 1 is 1.40 bits per heavy atom. The molecule has 0 amide bonds. The Morgan fingerprint density at radius 2 is 2.20 bits per heavy atom. The maximum absolute atomic E-state index is 13.2. The maximum atomic E-state index is 13.2. The van der Waals surface area contributed by atoms with E-state index in [9.17, 15) is 9.65 Å². The van der Waals surface area contributed by atoms with E-state index >= 15 is 0 Å². The number of halogens is 2. The number of pyridine rings is 1. The fourth-order valence-corrected chi connectivity index (χ4v) is 3.05. The summed E-state index contributed by atoms with van der Waals surface area (Å²) in [5.74, 6) is -0.343. The van der Waals surface area contributed by atoms with Crippen LogP contribution in [-0.4, -0.2) is 11.2 Å². The van der Waals surface area contributed by atoms with Crippen molar-refractivity contribution < 1.29 is 4.39 Å². The van der Waals surface area contributed by atoms with Gasteiger partial charge < -0.3 is 0 Å². The zero-order chi connectivity index (χ0) is 14.5. The summed E-state index contributed by atoms with van der Waals surface area (Å²) < 4.78 is 13.7. The first-order chi connectivity index (χ1) is 9.67. The molecule has 2 nitrogen and oxygen atoms in total. The lowest BCUT2D eigenvalue weighted by Gasteiger charge is -2.10. The van der Waals surface area contributed by atoms with Crippen LogP contribution >= 0.6 is 27.7 Å². The van der Waals surface area contributed by atoms with Crippen molar-refractivity contribution in [1.29, 1.82) is 5.26 Å². The monoisotopic (exact) mass is 348 g/mol. The molecule has 2 aromatic rings. The van der Waals surface area contributed by atoms with E-state index in [-0.39, 0.29) is 5.82 Å². The van der Waals surface area contributed by atoms with Gasteiger partial charge in [0.15, 0.2) is 0 Å².